The van der Waals surface area contributed by atoms with E-state index in [-0.39, 0.29) is 11.9 Å². The van der Waals surface area contributed by atoms with Crippen LogP contribution in [0.4, 0.5) is 0 Å². The maximum absolute atomic E-state index is 12.6. The summed E-state index contributed by atoms with van der Waals surface area (Å²) < 4.78 is 1.74. The summed E-state index contributed by atoms with van der Waals surface area (Å²) in [5, 5.41) is 6.82. The molecule has 1 aliphatic heterocycles. The van der Waals surface area contributed by atoms with Gasteiger partial charge in [0.15, 0.2) is 0 Å². The van der Waals surface area contributed by atoms with Crippen LogP contribution in [0.25, 0.3) is 10.6 Å². The van der Waals surface area contributed by atoms with Gasteiger partial charge in [0.05, 0.1) is 6.20 Å². The molecule has 1 atom stereocenters. The van der Waals surface area contributed by atoms with Crippen molar-refractivity contribution in [3.63, 3.8) is 0 Å². The largest absolute Gasteiger partial charge is 0.332 e. The Morgan fingerprint density at radius 3 is 2.86 bits per heavy atom. The molecule has 1 aliphatic rings. The number of hydrogen-bond acceptors (Lipinski definition) is 5. The summed E-state index contributed by atoms with van der Waals surface area (Å²) in [5.74, 6) is 0.0296. The summed E-state index contributed by atoms with van der Waals surface area (Å²) in [7, 11) is 3.96. The van der Waals surface area contributed by atoms with Crippen molar-refractivity contribution in [2.24, 2.45) is 7.05 Å². The lowest BCUT2D eigenvalue weighted by Gasteiger charge is -2.37. The first-order valence-electron chi connectivity index (χ1n) is 6.98. The lowest BCUT2D eigenvalue weighted by molar-refractivity contribution is 0.0528. The average Bonchev–Trinajstić information content (AvgIpc) is 3.06. The monoisotopic (exact) mass is 305 g/mol. The Kier molecular flexibility index (Phi) is 3.77. The van der Waals surface area contributed by atoms with Crippen LogP contribution in [0.5, 0.6) is 0 Å². The first-order chi connectivity index (χ1) is 10.0. The zero-order valence-electron chi connectivity index (χ0n) is 12.5. The molecule has 0 aromatic carbocycles. The quantitative estimate of drug-likeness (QED) is 0.840. The number of hydrogen-bond donors (Lipinski definition) is 0. The number of nitrogens with zero attached hydrogens (tertiary/aromatic N) is 5. The number of carbonyl (C=O) groups excluding carboxylic acids is 1. The Balaban J connectivity index is 1.78. The molecular formula is C14H19N5OS. The van der Waals surface area contributed by atoms with Crippen molar-refractivity contribution in [2.75, 3.05) is 26.7 Å². The van der Waals surface area contributed by atoms with Gasteiger partial charge in [0.2, 0.25) is 0 Å². The fraction of sp³-hybridized carbons (Fsp3) is 0.500. The SMILES string of the molecule is C[C@H]1CN(C)CCN1C(=O)c1csc(-c2cnn(C)c2)n1. The second-order valence-corrected chi connectivity index (χ2v) is 6.41. The van der Waals surface area contributed by atoms with Crippen molar-refractivity contribution in [1.82, 2.24) is 24.6 Å². The standard InChI is InChI=1S/C14H19N5OS/c1-10-7-17(2)4-5-19(10)14(20)12-9-21-13(16-12)11-6-15-18(3)8-11/h6,8-10H,4-5,7H2,1-3H3/t10-/m0/s1. The zero-order chi connectivity index (χ0) is 15.0. The Hall–Kier alpha value is -1.73. The van der Waals surface area contributed by atoms with Gasteiger partial charge < -0.3 is 9.80 Å². The van der Waals surface area contributed by atoms with Crippen LogP contribution in [0.15, 0.2) is 17.8 Å². The maximum Gasteiger partial charge on any atom is 0.273 e. The van der Waals surface area contributed by atoms with Gasteiger partial charge in [-0.3, -0.25) is 9.48 Å². The van der Waals surface area contributed by atoms with Crippen LogP contribution in [0.2, 0.25) is 0 Å². The van der Waals surface area contributed by atoms with Crippen molar-refractivity contribution < 1.29 is 4.79 Å². The molecule has 1 fully saturated rings. The van der Waals surface area contributed by atoms with Crippen LogP contribution in [0.1, 0.15) is 17.4 Å². The molecular weight excluding hydrogens is 286 g/mol. The van der Waals surface area contributed by atoms with E-state index in [1.807, 2.05) is 23.5 Å². The summed E-state index contributed by atoms with van der Waals surface area (Å²) in [6, 6.07) is 0.222. The van der Waals surface area contributed by atoms with Crippen LogP contribution < -0.4 is 0 Å². The first-order valence-corrected chi connectivity index (χ1v) is 7.86. The molecule has 0 bridgehead atoms. The number of thiazole rings is 1. The number of aromatic nitrogens is 3. The molecule has 2 aromatic heterocycles. The molecule has 3 heterocycles. The van der Waals surface area contributed by atoms with Gasteiger partial charge in [-0.15, -0.1) is 11.3 Å². The van der Waals surface area contributed by atoms with Gasteiger partial charge in [0, 0.05) is 49.9 Å². The molecule has 3 rings (SSSR count). The number of aryl methyl sites for hydroxylation is 1. The van der Waals surface area contributed by atoms with Gasteiger partial charge in [-0.2, -0.15) is 5.10 Å². The molecule has 6 nitrogen and oxygen atoms in total. The first kappa shape index (κ1) is 14.2. The highest BCUT2D eigenvalue weighted by atomic mass is 32.1. The Morgan fingerprint density at radius 2 is 2.19 bits per heavy atom. The third-order valence-electron chi connectivity index (χ3n) is 3.77. The fourth-order valence-corrected chi connectivity index (χ4v) is 3.39. The van der Waals surface area contributed by atoms with E-state index in [4.69, 9.17) is 0 Å². The van der Waals surface area contributed by atoms with E-state index in [0.717, 1.165) is 30.2 Å². The second kappa shape index (κ2) is 5.57. The molecule has 0 spiro atoms. The normalized spacial score (nSPS) is 20.0. The topological polar surface area (TPSA) is 54.3 Å². The van der Waals surface area contributed by atoms with Crippen LogP contribution in [-0.2, 0) is 7.05 Å². The summed E-state index contributed by atoms with van der Waals surface area (Å²) in [5.41, 5.74) is 1.49. The summed E-state index contributed by atoms with van der Waals surface area (Å²) in [4.78, 5) is 21.2. The molecule has 0 N–H and O–H groups in total. The smallest absolute Gasteiger partial charge is 0.273 e. The average molecular weight is 305 g/mol. The van der Waals surface area contributed by atoms with Crippen molar-refractivity contribution in [1.29, 1.82) is 0 Å². The molecule has 0 saturated carbocycles. The summed E-state index contributed by atoms with van der Waals surface area (Å²) in [6.45, 7) is 4.67. The summed E-state index contributed by atoms with van der Waals surface area (Å²) in [6.07, 6.45) is 3.68. The predicted molar refractivity (Wildman–Crippen MR) is 82.3 cm³/mol. The Morgan fingerprint density at radius 1 is 1.38 bits per heavy atom. The molecule has 1 amide bonds. The highest BCUT2D eigenvalue weighted by Gasteiger charge is 2.28. The molecule has 7 heteroatoms. The maximum atomic E-state index is 12.6. The highest BCUT2D eigenvalue weighted by Crippen LogP contribution is 2.24. The lowest BCUT2D eigenvalue weighted by Crippen LogP contribution is -2.52. The molecule has 0 unspecified atom stereocenters. The molecule has 0 radical (unpaired) electrons. The third-order valence-corrected chi connectivity index (χ3v) is 4.66. The molecule has 2 aromatic rings. The van der Waals surface area contributed by atoms with Gasteiger partial charge in [0.1, 0.15) is 10.7 Å². The van der Waals surface area contributed by atoms with Crippen molar-refractivity contribution in [3.8, 4) is 10.6 Å². The van der Waals surface area contributed by atoms with Crippen molar-refractivity contribution in [2.45, 2.75) is 13.0 Å². The summed E-state index contributed by atoms with van der Waals surface area (Å²) >= 11 is 1.49. The Bertz CT molecular complexity index is 649. The van der Waals surface area contributed by atoms with E-state index < -0.39 is 0 Å². The van der Waals surface area contributed by atoms with Gasteiger partial charge >= 0.3 is 0 Å². The highest BCUT2D eigenvalue weighted by molar-refractivity contribution is 7.13. The Labute approximate surface area is 128 Å². The number of likely N-dealkylation sites (N-methyl/N-ethyl adjacent to an activating group) is 1. The van der Waals surface area contributed by atoms with E-state index in [1.165, 1.54) is 11.3 Å². The number of rotatable bonds is 2. The predicted octanol–water partition coefficient (Wildman–Crippen LogP) is 1.32. The zero-order valence-corrected chi connectivity index (χ0v) is 13.3. The van der Waals surface area contributed by atoms with Crippen LogP contribution in [-0.4, -0.2) is 63.2 Å². The number of amides is 1. The van der Waals surface area contributed by atoms with E-state index in [9.17, 15) is 4.79 Å². The van der Waals surface area contributed by atoms with Gasteiger partial charge in [-0.05, 0) is 14.0 Å². The van der Waals surface area contributed by atoms with Crippen LogP contribution in [0.3, 0.4) is 0 Å². The second-order valence-electron chi connectivity index (χ2n) is 5.55. The van der Waals surface area contributed by atoms with E-state index >= 15 is 0 Å². The molecule has 21 heavy (non-hydrogen) atoms. The minimum Gasteiger partial charge on any atom is -0.332 e. The number of piperazine rings is 1. The van der Waals surface area contributed by atoms with Gasteiger partial charge in [-0.1, -0.05) is 0 Å². The van der Waals surface area contributed by atoms with E-state index in [2.05, 4.69) is 29.0 Å². The minimum atomic E-state index is 0.0296. The van der Waals surface area contributed by atoms with Crippen molar-refractivity contribution >= 4 is 17.2 Å². The minimum absolute atomic E-state index is 0.0296. The molecule has 0 aliphatic carbocycles. The third kappa shape index (κ3) is 2.84. The van der Waals surface area contributed by atoms with Crippen LogP contribution in [0, 0.1) is 0 Å². The van der Waals surface area contributed by atoms with Gasteiger partial charge in [0.25, 0.3) is 5.91 Å². The molecule has 1 saturated heterocycles. The van der Waals surface area contributed by atoms with E-state index in [0.29, 0.717) is 5.69 Å². The number of carbonyl (C=O) groups is 1. The van der Waals surface area contributed by atoms with Crippen LogP contribution >= 0.6 is 11.3 Å². The van der Waals surface area contributed by atoms with E-state index in [1.54, 1.807) is 10.9 Å². The lowest BCUT2D eigenvalue weighted by atomic mass is 10.2. The fourth-order valence-electron chi connectivity index (χ4n) is 2.62. The van der Waals surface area contributed by atoms with Gasteiger partial charge in [-0.25, -0.2) is 4.98 Å². The molecule has 112 valence electrons. The van der Waals surface area contributed by atoms with Crippen molar-refractivity contribution in [3.05, 3.63) is 23.5 Å².